The first-order valence-corrected chi connectivity index (χ1v) is 3.32. The highest BCUT2D eigenvalue weighted by atomic mass is 15.3. The summed E-state index contributed by atoms with van der Waals surface area (Å²) in [7, 11) is 0. The molecule has 1 aliphatic heterocycles. The minimum absolute atomic E-state index is 1.10. The highest BCUT2D eigenvalue weighted by Crippen LogP contribution is 2.15. The average molecular weight is 121 g/mol. The molecule has 2 rings (SSSR count). The molecular formula is C7H9N2. The molecule has 0 saturated heterocycles. The van der Waals surface area contributed by atoms with Crippen LogP contribution >= 0.6 is 0 Å². The maximum atomic E-state index is 4.09. The standard InChI is InChI=1S/C7H9N2/c1-6-5-8-9-4-2-3-7(6)9/h2-4H2,1H3. The van der Waals surface area contributed by atoms with E-state index in [1.807, 2.05) is 0 Å². The molecule has 0 aliphatic carbocycles. The van der Waals surface area contributed by atoms with Gasteiger partial charge in [-0.25, -0.2) is 0 Å². The lowest BCUT2D eigenvalue weighted by Gasteiger charge is -1.90. The summed E-state index contributed by atoms with van der Waals surface area (Å²) in [6.45, 7) is 3.17. The number of fused-ring (bicyclic) bond motifs is 1. The van der Waals surface area contributed by atoms with Crippen LogP contribution in [0.5, 0.6) is 0 Å². The smallest absolute Gasteiger partial charge is 0.116 e. The molecule has 9 heavy (non-hydrogen) atoms. The zero-order chi connectivity index (χ0) is 6.27. The van der Waals surface area contributed by atoms with Crippen molar-refractivity contribution in [2.75, 3.05) is 0 Å². The first-order valence-electron chi connectivity index (χ1n) is 3.32. The Bertz CT molecular complexity index is 225. The number of hydrogen-bond acceptors (Lipinski definition) is 1. The van der Waals surface area contributed by atoms with E-state index in [9.17, 15) is 0 Å². The number of aromatic nitrogens is 2. The van der Waals surface area contributed by atoms with Gasteiger partial charge in [0.25, 0.3) is 0 Å². The second-order valence-electron chi connectivity index (χ2n) is 2.51. The molecule has 0 unspecified atom stereocenters. The second kappa shape index (κ2) is 1.59. The Kier molecular flexibility index (Phi) is 0.891. The van der Waals surface area contributed by atoms with Crippen molar-refractivity contribution in [2.45, 2.75) is 26.3 Å². The van der Waals surface area contributed by atoms with Gasteiger partial charge in [-0.05, 0) is 25.3 Å². The third-order valence-corrected chi connectivity index (χ3v) is 1.87. The second-order valence-corrected chi connectivity index (χ2v) is 2.51. The summed E-state index contributed by atoms with van der Waals surface area (Å²) in [6, 6.07) is 0. The molecule has 1 radical (unpaired) electrons. The first kappa shape index (κ1) is 5.03. The lowest BCUT2D eigenvalue weighted by molar-refractivity contribution is 0.655. The topological polar surface area (TPSA) is 17.8 Å². The van der Waals surface area contributed by atoms with E-state index >= 15 is 0 Å². The van der Waals surface area contributed by atoms with Crippen molar-refractivity contribution in [3.8, 4) is 0 Å². The van der Waals surface area contributed by atoms with Gasteiger partial charge in [0.05, 0.1) is 0 Å². The van der Waals surface area contributed by atoms with Gasteiger partial charge in [0, 0.05) is 12.2 Å². The normalized spacial score (nSPS) is 16.1. The Labute approximate surface area is 54.5 Å². The lowest BCUT2D eigenvalue weighted by Crippen LogP contribution is -1.92. The van der Waals surface area contributed by atoms with E-state index in [0.717, 1.165) is 6.54 Å². The minimum atomic E-state index is 1.10. The molecule has 47 valence electrons. The highest BCUT2D eigenvalue weighted by Gasteiger charge is 2.12. The predicted octanol–water partition coefficient (Wildman–Crippen LogP) is 0.938. The summed E-state index contributed by atoms with van der Waals surface area (Å²) in [5.74, 6) is 0. The van der Waals surface area contributed by atoms with Gasteiger partial charge in [0.1, 0.15) is 6.20 Å². The van der Waals surface area contributed by atoms with Gasteiger partial charge in [0.2, 0.25) is 0 Å². The molecule has 2 heterocycles. The molecule has 2 heteroatoms. The fraction of sp³-hybridized carbons (Fsp3) is 0.571. The Morgan fingerprint density at radius 3 is 3.33 bits per heavy atom. The SMILES string of the molecule is Cc1[c]nn2c1CCC2. The molecule has 1 aromatic heterocycles. The van der Waals surface area contributed by atoms with E-state index in [1.54, 1.807) is 0 Å². The molecule has 0 spiro atoms. The molecule has 1 aromatic rings. The summed E-state index contributed by atoms with van der Waals surface area (Å²) >= 11 is 0. The predicted molar refractivity (Wildman–Crippen MR) is 34.1 cm³/mol. The van der Waals surface area contributed by atoms with Crippen molar-refractivity contribution in [3.05, 3.63) is 17.5 Å². The number of aryl methyl sites for hydroxylation is 2. The Hall–Kier alpha value is -0.790. The maximum Gasteiger partial charge on any atom is 0.116 e. The minimum Gasteiger partial charge on any atom is -0.269 e. The van der Waals surface area contributed by atoms with Gasteiger partial charge in [-0.3, -0.25) is 4.68 Å². The first-order chi connectivity index (χ1) is 4.38. The molecule has 0 bridgehead atoms. The molecular weight excluding hydrogens is 112 g/mol. The highest BCUT2D eigenvalue weighted by molar-refractivity contribution is 5.16. The third kappa shape index (κ3) is 0.590. The Balaban J connectivity index is 2.56. The molecule has 0 amide bonds. The van der Waals surface area contributed by atoms with Crippen molar-refractivity contribution < 1.29 is 0 Å². The van der Waals surface area contributed by atoms with Gasteiger partial charge in [-0.2, -0.15) is 5.10 Å². The molecule has 0 fully saturated rings. The summed E-state index contributed by atoms with van der Waals surface area (Å²) in [5.41, 5.74) is 2.61. The van der Waals surface area contributed by atoms with E-state index in [4.69, 9.17) is 0 Å². The molecule has 1 aliphatic rings. The Morgan fingerprint density at radius 2 is 2.56 bits per heavy atom. The zero-order valence-electron chi connectivity index (χ0n) is 5.52. The molecule has 0 atom stereocenters. The Morgan fingerprint density at radius 1 is 1.67 bits per heavy atom. The molecule has 0 N–H and O–H groups in total. The third-order valence-electron chi connectivity index (χ3n) is 1.87. The van der Waals surface area contributed by atoms with Gasteiger partial charge in [0.15, 0.2) is 0 Å². The molecule has 0 saturated carbocycles. The molecule has 2 nitrogen and oxygen atoms in total. The van der Waals surface area contributed by atoms with Crippen LogP contribution in [-0.2, 0) is 13.0 Å². The van der Waals surface area contributed by atoms with E-state index in [-0.39, 0.29) is 0 Å². The van der Waals surface area contributed by atoms with E-state index in [1.165, 1.54) is 24.1 Å². The summed E-state index contributed by atoms with van der Waals surface area (Å²) < 4.78 is 2.05. The van der Waals surface area contributed by atoms with Crippen LogP contribution in [-0.4, -0.2) is 9.78 Å². The van der Waals surface area contributed by atoms with Crippen LogP contribution in [0.3, 0.4) is 0 Å². The number of rotatable bonds is 0. The van der Waals surface area contributed by atoms with Crippen molar-refractivity contribution in [2.24, 2.45) is 0 Å². The fourth-order valence-corrected chi connectivity index (χ4v) is 1.35. The zero-order valence-corrected chi connectivity index (χ0v) is 5.52. The summed E-state index contributed by atoms with van der Waals surface area (Å²) in [6.07, 6.45) is 5.41. The largest absolute Gasteiger partial charge is 0.269 e. The lowest BCUT2D eigenvalue weighted by atomic mass is 10.2. The summed E-state index contributed by atoms with van der Waals surface area (Å²) in [4.78, 5) is 0. The number of nitrogens with zero attached hydrogens (tertiary/aromatic N) is 2. The van der Waals surface area contributed by atoms with Crippen LogP contribution in [0.2, 0.25) is 0 Å². The summed E-state index contributed by atoms with van der Waals surface area (Å²) in [5, 5.41) is 4.09. The van der Waals surface area contributed by atoms with Crippen molar-refractivity contribution >= 4 is 0 Å². The maximum absolute atomic E-state index is 4.09. The van der Waals surface area contributed by atoms with Crippen LogP contribution in [0, 0.1) is 13.1 Å². The van der Waals surface area contributed by atoms with Crippen LogP contribution in [0.15, 0.2) is 0 Å². The monoisotopic (exact) mass is 121 g/mol. The van der Waals surface area contributed by atoms with Crippen LogP contribution in [0.4, 0.5) is 0 Å². The molecule has 0 aromatic carbocycles. The van der Waals surface area contributed by atoms with Crippen molar-refractivity contribution in [1.82, 2.24) is 9.78 Å². The van der Waals surface area contributed by atoms with E-state index in [0.29, 0.717) is 0 Å². The van der Waals surface area contributed by atoms with Gasteiger partial charge >= 0.3 is 0 Å². The van der Waals surface area contributed by atoms with Gasteiger partial charge < -0.3 is 0 Å². The van der Waals surface area contributed by atoms with Gasteiger partial charge in [-0.15, -0.1) is 0 Å². The average Bonchev–Trinajstić information content (AvgIpc) is 2.35. The fourth-order valence-electron chi connectivity index (χ4n) is 1.35. The van der Waals surface area contributed by atoms with Crippen LogP contribution in [0.25, 0.3) is 0 Å². The van der Waals surface area contributed by atoms with Crippen molar-refractivity contribution in [3.63, 3.8) is 0 Å². The van der Waals surface area contributed by atoms with Crippen LogP contribution in [0.1, 0.15) is 17.7 Å². The van der Waals surface area contributed by atoms with E-state index < -0.39 is 0 Å². The van der Waals surface area contributed by atoms with Crippen molar-refractivity contribution in [1.29, 1.82) is 0 Å². The van der Waals surface area contributed by atoms with Gasteiger partial charge in [-0.1, -0.05) is 0 Å². The van der Waals surface area contributed by atoms with E-state index in [2.05, 4.69) is 22.9 Å². The number of hydrogen-bond donors (Lipinski definition) is 0. The van der Waals surface area contributed by atoms with Crippen LogP contribution < -0.4 is 0 Å². The quantitative estimate of drug-likeness (QED) is 0.499.